The minimum absolute atomic E-state index is 0.0781. The number of thioether (sulfide) groups is 1. The van der Waals surface area contributed by atoms with Gasteiger partial charge in [-0.2, -0.15) is 0 Å². The average molecular weight is 412 g/mol. The van der Waals surface area contributed by atoms with Gasteiger partial charge in [-0.05, 0) is 66.2 Å². The lowest BCUT2D eigenvalue weighted by Gasteiger charge is -2.24. The molecule has 1 atom stereocenters. The number of rotatable bonds is 5. The molecule has 28 heavy (non-hydrogen) atoms. The van der Waals surface area contributed by atoms with Crippen LogP contribution >= 0.6 is 23.4 Å². The molecule has 1 amide bonds. The number of benzene rings is 3. The first-order chi connectivity index (χ1) is 13.6. The highest BCUT2D eigenvalue weighted by Gasteiger charge is 2.34. The first kappa shape index (κ1) is 18.7. The van der Waals surface area contributed by atoms with E-state index in [1.54, 1.807) is 31.0 Å². The maximum absolute atomic E-state index is 12.6. The van der Waals surface area contributed by atoms with Crippen molar-refractivity contribution in [3.63, 3.8) is 0 Å². The van der Waals surface area contributed by atoms with E-state index in [0.29, 0.717) is 22.3 Å². The zero-order chi connectivity index (χ0) is 19.5. The molecule has 0 spiro atoms. The predicted molar refractivity (Wildman–Crippen MR) is 114 cm³/mol. The first-order valence-electron chi connectivity index (χ1n) is 8.75. The number of hydrogen-bond acceptors (Lipinski definition) is 4. The second-order valence-electron chi connectivity index (χ2n) is 6.25. The molecule has 0 radical (unpaired) electrons. The van der Waals surface area contributed by atoms with E-state index in [-0.39, 0.29) is 11.3 Å². The molecule has 1 unspecified atom stereocenters. The van der Waals surface area contributed by atoms with E-state index in [2.05, 4.69) is 0 Å². The van der Waals surface area contributed by atoms with Crippen LogP contribution in [-0.2, 0) is 4.79 Å². The smallest absolute Gasteiger partial charge is 0.238 e. The van der Waals surface area contributed by atoms with Crippen molar-refractivity contribution in [2.24, 2.45) is 0 Å². The van der Waals surface area contributed by atoms with Gasteiger partial charge < -0.3 is 9.47 Å². The van der Waals surface area contributed by atoms with Gasteiger partial charge in [-0.1, -0.05) is 23.7 Å². The molecule has 4 rings (SSSR count). The Balaban J connectivity index is 1.56. The van der Waals surface area contributed by atoms with Crippen LogP contribution in [0.5, 0.6) is 17.2 Å². The van der Waals surface area contributed by atoms with E-state index in [1.165, 1.54) is 0 Å². The molecule has 0 saturated carbocycles. The summed E-state index contributed by atoms with van der Waals surface area (Å²) < 4.78 is 11.2. The maximum atomic E-state index is 12.6. The standard InChI is InChI=1S/C22H18ClNO3S/c1-26-20-4-2-3-15(13-20)22-24(21(25)14-28-22)17-7-11-19(12-8-17)27-18-9-5-16(23)6-10-18/h2-13,22H,14H2,1H3. The molecule has 6 heteroatoms. The average Bonchev–Trinajstić information content (AvgIpc) is 3.12. The van der Waals surface area contributed by atoms with E-state index < -0.39 is 0 Å². The summed E-state index contributed by atoms with van der Waals surface area (Å²) in [6, 6.07) is 22.6. The number of carbonyl (C=O) groups is 1. The molecule has 0 bridgehead atoms. The molecule has 1 fully saturated rings. The Morgan fingerprint density at radius 2 is 1.64 bits per heavy atom. The lowest BCUT2D eigenvalue weighted by Crippen LogP contribution is -2.27. The quantitative estimate of drug-likeness (QED) is 0.522. The molecule has 1 aliphatic heterocycles. The van der Waals surface area contributed by atoms with Crippen molar-refractivity contribution in [3.05, 3.63) is 83.4 Å². The Labute approximate surface area is 173 Å². The van der Waals surface area contributed by atoms with Crippen LogP contribution in [0.1, 0.15) is 10.9 Å². The molecule has 0 N–H and O–H groups in total. The summed E-state index contributed by atoms with van der Waals surface area (Å²) in [7, 11) is 1.64. The summed E-state index contributed by atoms with van der Waals surface area (Å²) in [4.78, 5) is 14.4. The minimum atomic E-state index is -0.0781. The number of ether oxygens (including phenoxy) is 2. The van der Waals surface area contributed by atoms with Gasteiger partial charge >= 0.3 is 0 Å². The Morgan fingerprint density at radius 3 is 2.32 bits per heavy atom. The zero-order valence-electron chi connectivity index (χ0n) is 15.2. The van der Waals surface area contributed by atoms with Crippen LogP contribution in [-0.4, -0.2) is 18.8 Å². The van der Waals surface area contributed by atoms with Crippen molar-refractivity contribution < 1.29 is 14.3 Å². The van der Waals surface area contributed by atoms with Crippen molar-refractivity contribution in [2.75, 3.05) is 17.8 Å². The van der Waals surface area contributed by atoms with E-state index in [9.17, 15) is 4.79 Å². The number of anilines is 1. The van der Waals surface area contributed by atoms with E-state index >= 15 is 0 Å². The molecule has 0 aromatic heterocycles. The molecule has 4 nitrogen and oxygen atoms in total. The maximum Gasteiger partial charge on any atom is 0.238 e. The third-order valence-electron chi connectivity index (χ3n) is 4.41. The molecular weight excluding hydrogens is 394 g/mol. The van der Waals surface area contributed by atoms with Crippen molar-refractivity contribution in [1.29, 1.82) is 0 Å². The van der Waals surface area contributed by atoms with Crippen LogP contribution in [0.15, 0.2) is 72.8 Å². The Kier molecular flexibility index (Phi) is 5.46. The third-order valence-corrected chi connectivity index (χ3v) is 5.88. The number of nitrogens with zero attached hydrogens (tertiary/aromatic N) is 1. The third kappa shape index (κ3) is 3.96. The Morgan fingerprint density at radius 1 is 0.964 bits per heavy atom. The van der Waals surface area contributed by atoms with Gasteiger partial charge in [0.05, 0.1) is 12.9 Å². The van der Waals surface area contributed by atoms with Gasteiger partial charge in [0.1, 0.15) is 22.6 Å². The number of methoxy groups -OCH3 is 1. The van der Waals surface area contributed by atoms with Gasteiger partial charge in [-0.15, -0.1) is 11.8 Å². The monoisotopic (exact) mass is 411 g/mol. The summed E-state index contributed by atoms with van der Waals surface area (Å²) in [5.41, 5.74) is 1.88. The number of carbonyl (C=O) groups excluding carboxylic acids is 1. The molecular formula is C22H18ClNO3S. The highest BCUT2D eigenvalue weighted by Crippen LogP contribution is 2.42. The lowest BCUT2D eigenvalue weighted by molar-refractivity contribution is -0.115. The van der Waals surface area contributed by atoms with E-state index in [0.717, 1.165) is 17.0 Å². The van der Waals surface area contributed by atoms with Gasteiger partial charge in [-0.3, -0.25) is 9.69 Å². The number of hydrogen-bond donors (Lipinski definition) is 0. The second-order valence-corrected chi connectivity index (χ2v) is 7.76. The van der Waals surface area contributed by atoms with E-state index in [1.807, 2.05) is 65.6 Å². The molecule has 1 aliphatic rings. The molecule has 0 aliphatic carbocycles. The number of halogens is 1. The molecule has 3 aromatic carbocycles. The number of amides is 1. The van der Waals surface area contributed by atoms with Crippen LogP contribution in [0.3, 0.4) is 0 Å². The fourth-order valence-corrected chi connectivity index (χ4v) is 4.35. The fraction of sp³-hybridized carbons (Fsp3) is 0.136. The fourth-order valence-electron chi connectivity index (χ4n) is 3.06. The van der Waals surface area contributed by atoms with Crippen molar-refractivity contribution in [3.8, 4) is 17.2 Å². The molecule has 142 valence electrons. The zero-order valence-corrected chi connectivity index (χ0v) is 16.7. The highest BCUT2D eigenvalue weighted by molar-refractivity contribution is 8.00. The lowest BCUT2D eigenvalue weighted by atomic mass is 10.1. The van der Waals surface area contributed by atoms with Gasteiger partial charge in [0, 0.05) is 10.7 Å². The van der Waals surface area contributed by atoms with E-state index in [4.69, 9.17) is 21.1 Å². The molecule has 3 aromatic rings. The van der Waals surface area contributed by atoms with Crippen LogP contribution in [0.2, 0.25) is 5.02 Å². The van der Waals surface area contributed by atoms with Gasteiger partial charge in [0.2, 0.25) is 5.91 Å². The largest absolute Gasteiger partial charge is 0.497 e. The summed E-state index contributed by atoms with van der Waals surface area (Å²) in [5, 5.41) is 0.585. The van der Waals surface area contributed by atoms with Crippen LogP contribution < -0.4 is 14.4 Å². The predicted octanol–water partition coefficient (Wildman–Crippen LogP) is 5.92. The molecule has 1 heterocycles. The first-order valence-corrected chi connectivity index (χ1v) is 10.2. The summed E-state index contributed by atoms with van der Waals surface area (Å²) in [6.45, 7) is 0. The van der Waals surface area contributed by atoms with Crippen LogP contribution in [0.4, 0.5) is 5.69 Å². The summed E-state index contributed by atoms with van der Waals surface area (Å²) >= 11 is 7.51. The van der Waals surface area contributed by atoms with Crippen LogP contribution in [0, 0.1) is 0 Å². The summed E-state index contributed by atoms with van der Waals surface area (Å²) in [6.07, 6.45) is 0. The normalized spacial score (nSPS) is 16.3. The second kappa shape index (κ2) is 8.17. The van der Waals surface area contributed by atoms with Crippen molar-refractivity contribution >= 4 is 35.0 Å². The van der Waals surface area contributed by atoms with Crippen molar-refractivity contribution in [2.45, 2.75) is 5.37 Å². The summed E-state index contributed by atoms with van der Waals surface area (Å²) in [5.74, 6) is 2.72. The SMILES string of the molecule is COc1cccc(C2SCC(=O)N2c2ccc(Oc3ccc(Cl)cc3)cc2)c1. The van der Waals surface area contributed by atoms with Crippen LogP contribution in [0.25, 0.3) is 0 Å². The van der Waals surface area contributed by atoms with Crippen molar-refractivity contribution in [1.82, 2.24) is 0 Å². The topological polar surface area (TPSA) is 38.8 Å². The Bertz CT molecular complexity index is 976. The van der Waals surface area contributed by atoms with Gasteiger partial charge in [-0.25, -0.2) is 0 Å². The minimum Gasteiger partial charge on any atom is -0.497 e. The van der Waals surface area contributed by atoms with Gasteiger partial charge in [0.25, 0.3) is 0 Å². The highest BCUT2D eigenvalue weighted by atomic mass is 35.5. The molecule has 1 saturated heterocycles. The van der Waals surface area contributed by atoms with Gasteiger partial charge in [0.15, 0.2) is 0 Å². The Hall–Kier alpha value is -2.63.